The van der Waals surface area contributed by atoms with Gasteiger partial charge in [0.2, 0.25) is 11.7 Å². The van der Waals surface area contributed by atoms with Gasteiger partial charge in [0, 0.05) is 18.4 Å². The molecular weight excluding hydrogens is 376 g/mol. The molecule has 9 heteroatoms. The van der Waals surface area contributed by atoms with Crippen molar-refractivity contribution in [3.8, 4) is 17.2 Å². The number of aromatic amines is 1. The number of ether oxygens (including phenoxy) is 2. The number of nitrogens with zero attached hydrogens (tertiary/aromatic N) is 2. The summed E-state index contributed by atoms with van der Waals surface area (Å²) in [5.74, 6) is 0.426. The highest BCUT2D eigenvalue weighted by Crippen LogP contribution is 2.36. The average Bonchev–Trinajstić information content (AvgIpc) is 2.73. The first kappa shape index (κ1) is 19.9. The van der Waals surface area contributed by atoms with Gasteiger partial charge in [-0.15, -0.1) is 0 Å². The van der Waals surface area contributed by atoms with Gasteiger partial charge in [-0.2, -0.15) is 5.10 Å². The summed E-state index contributed by atoms with van der Waals surface area (Å²) in [4.78, 5) is 31.1. The average molecular weight is 396 g/mol. The van der Waals surface area contributed by atoms with Gasteiger partial charge in [-0.3, -0.25) is 9.59 Å². The zero-order chi connectivity index (χ0) is 20.8. The van der Waals surface area contributed by atoms with Gasteiger partial charge >= 0.3 is 0 Å². The topological polar surface area (TPSA) is 126 Å². The second-order valence-corrected chi connectivity index (χ2v) is 6.10. The quantitative estimate of drug-likeness (QED) is 0.412. The second-order valence-electron chi connectivity index (χ2n) is 6.10. The number of benzene rings is 2. The van der Waals surface area contributed by atoms with E-state index in [4.69, 9.17) is 9.47 Å². The van der Waals surface area contributed by atoms with Crippen LogP contribution in [-0.4, -0.2) is 41.4 Å². The summed E-state index contributed by atoms with van der Waals surface area (Å²) >= 11 is 0. The molecule has 3 rings (SSSR count). The maximum absolute atomic E-state index is 12.0. The molecule has 3 N–H and O–H groups in total. The summed E-state index contributed by atoms with van der Waals surface area (Å²) < 4.78 is 10.1. The van der Waals surface area contributed by atoms with Gasteiger partial charge in [0.25, 0.3) is 5.56 Å². The van der Waals surface area contributed by atoms with E-state index in [2.05, 4.69) is 20.5 Å². The largest absolute Gasteiger partial charge is 0.502 e. The number of H-pyrrole nitrogens is 1. The molecule has 0 fully saturated rings. The highest BCUT2D eigenvalue weighted by atomic mass is 16.5. The smallest absolute Gasteiger partial charge is 0.258 e. The molecular formula is C20H20N4O5. The number of para-hydroxylation sites is 1. The number of rotatable bonds is 7. The Balaban J connectivity index is 1.61. The Bertz CT molecular complexity index is 1100. The molecule has 0 saturated heterocycles. The molecule has 0 atom stereocenters. The van der Waals surface area contributed by atoms with E-state index in [9.17, 15) is 14.7 Å². The van der Waals surface area contributed by atoms with E-state index in [1.54, 1.807) is 36.4 Å². The Morgan fingerprint density at radius 2 is 1.93 bits per heavy atom. The van der Waals surface area contributed by atoms with Crippen molar-refractivity contribution in [2.75, 3.05) is 14.2 Å². The van der Waals surface area contributed by atoms with Crippen LogP contribution in [-0.2, 0) is 11.2 Å². The number of hydrogen-bond donors (Lipinski definition) is 3. The minimum Gasteiger partial charge on any atom is -0.502 e. The zero-order valence-electron chi connectivity index (χ0n) is 15.9. The Hall–Kier alpha value is -3.88. The highest BCUT2D eigenvalue weighted by molar-refractivity contribution is 5.84. The Morgan fingerprint density at radius 1 is 1.24 bits per heavy atom. The molecule has 0 bridgehead atoms. The molecule has 150 valence electrons. The Labute approximate surface area is 166 Å². The molecule has 3 aromatic rings. The van der Waals surface area contributed by atoms with Crippen LogP contribution >= 0.6 is 0 Å². The van der Waals surface area contributed by atoms with Crippen LogP contribution in [0.25, 0.3) is 10.9 Å². The van der Waals surface area contributed by atoms with Gasteiger partial charge in [0.1, 0.15) is 5.82 Å². The zero-order valence-corrected chi connectivity index (χ0v) is 15.9. The van der Waals surface area contributed by atoms with Crippen molar-refractivity contribution in [1.29, 1.82) is 0 Å². The number of aryl methyl sites for hydroxylation is 1. The molecule has 0 aliphatic heterocycles. The number of amides is 1. The van der Waals surface area contributed by atoms with Gasteiger partial charge in [-0.05, 0) is 24.3 Å². The molecule has 0 spiro atoms. The number of aromatic nitrogens is 2. The number of hydrogen-bond acceptors (Lipinski definition) is 7. The summed E-state index contributed by atoms with van der Waals surface area (Å²) in [5, 5.41) is 14.3. The first-order chi connectivity index (χ1) is 14.0. The van der Waals surface area contributed by atoms with Crippen molar-refractivity contribution in [2.45, 2.75) is 12.8 Å². The number of hydrazone groups is 1. The van der Waals surface area contributed by atoms with Gasteiger partial charge in [0.15, 0.2) is 11.5 Å². The molecule has 1 aromatic heterocycles. The standard InChI is InChI=1S/C20H20N4O5/c1-28-15-9-12(10-16(29-2)19(15)26)11-21-24-18(25)8-7-17-22-14-6-4-3-5-13(14)20(27)23-17/h3-6,9-11,26H,7-8H2,1-2H3,(H,24,25)(H,22,23,27)/b21-11+. The Morgan fingerprint density at radius 3 is 2.62 bits per heavy atom. The number of carbonyl (C=O) groups excluding carboxylic acids is 1. The van der Waals surface area contributed by atoms with E-state index in [1.807, 2.05) is 0 Å². The number of carbonyl (C=O) groups is 1. The molecule has 1 heterocycles. The predicted octanol–water partition coefficient (Wildman–Crippen LogP) is 1.73. The highest BCUT2D eigenvalue weighted by Gasteiger charge is 2.10. The Kier molecular flexibility index (Phi) is 6.08. The maximum atomic E-state index is 12.0. The fourth-order valence-corrected chi connectivity index (χ4v) is 2.71. The van der Waals surface area contributed by atoms with Crippen molar-refractivity contribution in [1.82, 2.24) is 15.4 Å². The van der Waals surface area contributed by atoms with Gasteiger partial charge in [-0.25, -0.2) is 10.4 Å². The van der Waals surface area contributed by atoms with Crippen LogP contribution in [0.4, 0.5) is 0 Å². The van der Waals surface area contributed by atoms with Crippen LogP contribution in [0, 0.1) is 0 Å². The summed E-state index contributed by atoms with van der Waals surface area (Å²) in [6, 6.07) is 10.1. The minimum absolute atomic E-state index is 0.0981. The molecule has 0 radical (unpaired) electrons. The lowest BCUT2D eigenvalue weighted by atomic mass is 10.2. The number of phenols is 1. The van der Waals surface area contributed by atoms with Crippen molar-refractivity contribution in [3.05, 3.63) is 58.1 Å². The SMILES string of the molecule is COc1cc(/C=N/NC(=O)CCc2nc3ccccc3c(=O)[nH]2)cc(OC)c1O. The lowest BCUT2D eigenvalue weighted by molar-refractivity contribution is -0.121. The van der Waals surface area contributed by atoms with E-state index >= 15 is 0 Å². The minimum atomic E-state index is -0.338. The third-order valence-electron chi connectivity index (χ3n) is 4.16. The number of methoxy groups -OCH3 is 2. The lowest BCUT2D eigenvalue weighted by Gasteiger charge is -2.09. The summed E-state index contributed by atoms with van der Waals surface area (Å²) in [5.41, 5.74) is 3.32. The normalized spacial score (nSPS) is 11.0. The number of nitrogens with one attached hydrogen (secondary N) is 2. The molecule has 0 saturated carbocycles. The predicted molar refractivity (Wildman–Crippen MR) is 108 cm³/mol. The number of phenolic OH excluding ortho intramolecular Hbond substituents is 1. The summed E-state index contributed by atoms with van der Waals surface area (Å²) in [7, 11) is 2.84. The molecule has 29 heavy (non-hydrogen) atoms. The van der Waals surface area contributed by atoms with Crippen molar-refractivity contribution in [3.63, 3.8) is 0 Å². The molecule has 0 unspecified atom stereocenters. The van der Waals surface area contributed by atoms with Crippen LogP contribution in [0.2, 0.25) is 0 Å². The van der Waals surface area contributed by atoms with Crippen LogP contribution < -0.4 is 20.5 Å². The summed E-state index contributed by atoms with van der Waals surface area (Å²) in [6.07, 6.45) is 1.77. The van der Waals surface area contributed by atoms with Crippen molar-refractivity contribution < 1.29 is 19.4 Å². The number of aromatic hydroxyl groups is 1. The van der Waals surface area contributed by atoms with E-state index in [0.29, 0.717) is 22.3 Å². The van der Waals surface area contributed by atoms with Crippen LogP contribution in [0.5, 0.6) is 17.2 Å². The van der Waals surface area contributed by atoms with Crippen LogP contribution in [0.3, 0.4) is 0 Å². The fourth-order valence-electron chi connectivity index (χ4n) is 2.71. The maximum Gasteiger partial charge on any atom is 0.258 e. The molecule has 1 amide bonds. The molecule has 0 aliphatic carbocycles. The fraction of sp³-hybridized carbons (Fsp3) is 0.200. The van der Waals surface area contributed by atoms with Gasteiger partial charge in [-0.1, -0.05) is 12.1 Å². The van der Waals surface area contributed by atoms with Gasteiger partial charge in [0.05, 0.1) is 31.3 Å². The first-order valence-corrected chi connectivity index (χ1v) is 8.76. The van der Waals surface area contributed by atoms with Crippen LogP contribution in [0.15, 0.2) is 46.3 Å². The molecule has 9 nitrogen and oxygen atoms in total. The molecule has 2 aromatic carbocycles. The number of fused-ring (bicyclic) bond motifs is 1. The van der Waals surface area contributed by atoms with E-state index in [-0.39, 0.29) is 41.6 Å². The van der Waals surface area contributed by atoms with Gasteiger partial charge < -0.3 is 19.6 Å². The van der Waals surface area contributed by atoms with Crippen LogP contribution in [0.1, 0.15) is 17.8 Å². The van der Waals surface area contributed by atoms with E-state index in [0.717, 1.165) is 0 Å². The monoisotopic (exact) mass is 396 g/mol. The third kappa shape index (κ3) is 4.70. The van der Waals surface area contributed by atoms with Crippen molar-refractivity contribution in [2.24, 2.45) is 5.10 Å². The first-order valence-electron chi connectivity index (χ1n) is 8.76. The third-order valence-corrected chi connectivity index (χ3v) is 4.16. The second kappa shape index (κ2) is 8.87. The van der Waals surface area contributed by atoms with E-state index < -0.39 is 0 Å². The summed E-state index contributed by atoms with van der Waals surface area (Å²) in [6.45, 7) is 0. The lowest BCUT2D eigenvalue weighted by Crippen LogP contribution is -2.19. The van der Waals surface area contributed by atoms with E-state index in [1.165, 1.54) is 20.4 Å². The molecule has 0 aliphatic rings. The van der Waals surface area contributed by atoms with Crippen molar-refractivity contribution >= 4 is 23.0 Å².